The zero-order chi connectivity index (χ0) is 20.5. The Hall–Kier alpha value is -2.39. The van der Waals surface area contributed by atoms with Crippen LogP contribution in [0.15, 0.2) is 47.4 Å². The topological polar surface area (TPSA) is 83.5 Å². The molecule has 150 valence electrons. The summed E-state index contributed by atoms with van der Waals surface area (Å²) in [5, 5.41) is 9.51. The number of carboxylic acid groups (broad SMARTS) is 1. The second-order valence-corrected chi connectivity index (χ2v) is 8.41. The maximum absolute atomic E-state index is 12.6. The molecule has 2 N–H and O–H groups in total. The van der Waals surface area contributed by atoms with Gasteiger partial charge in [0.25, 0.3) is 0 Å². The van der Waals surface area contributed by atoms with Crippen molar-refractivity contribution in [1.29, 1.82) is 0 Å². The van der Waals surface area contributed by atoms with Crippen molar-refractivity contribution in [2.24, 2.45) is 0 Å². The number of hydrogen-bond donors (Lipinski definition) is 2. The smallest absolute Gasteiger partial charge is 0.416 e. The van der Waals surface area contributed by atoms with Gasteiger partial charge in [0.15, 0.2) is 0 Å². The van der Waals surface area contributed by atoms with Gasteiger partial charge in [0, 0.05) is 6.54 Å². The summed E-state index contributed by atoms with van der Waals surface area (Å²) in [7, 11) is -4.15. The third kappa shape index (κ3) is 4.36. The fourth-order valence-electron chi connectivity index (χ4n) is 3.26. The first-order valence-electron chi connectivity index (χ1n) is 8.59. The minimum atomic E-state index is -4.57. The highest BCUT2D eigenvalue weighted by Gasteiger charge is 2.31. The summed E-state index contributed by atoms with van der Waals surface area (Å²) in [6.45, 7) is -0.405. The molecule has 5 nitrogen and oxygen atoms in total. The lowest BCUT2D eigenvalue weighted by Crippen LogP contribution is -2.32. The number of rotatable bonds is 6. The van der Waals surface area contributed by atoms with Crippen LogP contribution in [0.25, 0.3) is 0 Å². The van der Waals surface area contributed by atoms with Crippen LogP contribution in [0.5, 0.6) is 0 Å². The molecule has 1 aliphatic carbocycles. The molecule has 0 aliphatic heterocycles. The van der Waals surface area contributed by atoms with Gasteiger partial charge >= 0.3 is 12.1 Å². The first-order chi connectivity index (χ1) is 13.1. The summed E-state index contributed by atoms with van der Waals surface area (Å²) in [5.41, 5.74) is 1.75. The molecule has 3 rings (SSSR count). The van der Waals surface area contributed by atoms with Crippen LogP contribution in [0.4, 0.5) is 13.2 Å². The summed E-state index contributed by atoms with van der Waals surface area (Å²) in [5.74, 6) is -2.29. The zero-order valence-electron chi connectivity index (χ0n) is 14.7. The second kappa shape index (κ2) is 7.56. The minimum absolute atomic E-state index is 0.362. The van der Waals surface area contributed by atoms with Gasteiger partial charge in [0.05, 0.1) is 16.4 Å². The Labute approximate surface area is 160 Å². The predicted molar refractivity (Wildman–Crippen MR) is 95.5 cm³/mol. The van der Waals surface area contributed by atoms with Crippen LogP contribution in [-0.4, -0.2) is 26.0 Å². The lowest BCUT2D eigenvalue weighted by Gasteiger charge is -2.16. The molecule has 0 fully saturated rings. The molecule has 0 spiro atoms. The molecule has 0 heterocycles. The number of benzene rings is 2. The lowest BCUT2D eigenvalue weighted by molar-refractivity contribution is -0.139. The summed E-state index contributed by atoms with van der Waals surface area (Å²) < 4.78 is 64.7. The number of halogens is 3. The normalized spacial score (nSPS) is 15.2. The molecule has 0 saturated heterocycles. The Morgan fingerprint density at radius 3 is 2.32 bits per heavy atom. The van der Waals surface area contributed by atoms with Gasteiger partial charge in [-0.05, 0) is 60.2 Å². The number of fused-ring (bicyclic) bond motifs is 1. The zero-order valence-corrected chi connectivity index (χ0v) is 15.5. The monoisotopic (exact) mass is 413 g/mol. The number of alkyl halides is 3. The van der Waals surface area contributed by atoms with Gasteiger partial charge in [-0.15, -0.1) is 0 Å². The Bertz CT molecular complexity index is 985. The van der Waals surface area contributed by atoms with Crippen molar-refractivity contribution in [1.82, 2.24) is 4.72 Å². The lowest BCUT2D eigenvalue weighted by atomic mass is 9.96. The van der Waals surface area contributed by atoms with Gasteiger partial charge < -0.3 is 5.11 Å². The summed E-state index contributed by atoms with van der Waals surface area (Å²) in [6.07, 6.45) is -1.78. The van der Waals surface area contributed by atoms with Gasteiger partial charge in [-0.1, -0.05) is 18.2 Å². The first-order valence-corrected chi connectivity index (χ1v) is 10.1. The highest BCUT2D eigenvalue weighted by molar-refractivity contribution is 7.89. The van der Waals surface area contributed by atoms with E-state index in [1.807, 2.05) is 6.07 Å². The molecule has 0 aromatic heterocycles. The minimum Gasteiger partial charge on any atom is -0.481 e. The molecule has 28 heavy (non-hydrogen) atoms. The Morgan fingerprint density at radius 1 is 1.07 bits per heavy atom. The molecule has 2 aromatic carbocycles. The number of aliphatic carboxylic acids is 1. The van der Waals surface area contributed by atoms with Crippen LogP contribution in [0.2, 0.25) is 0 Å². The SMILES string of the molecule is O=C(O)C(CNS(=O)(=O)c1ccc(C(F)(F)F)cc1)c1ccc2c(c1)CCC2. The molecule has 0 saturated carbocycles. The Morgan fingerprint density at radius 2 is 1.71 bits per heavy atom. The van der Waals surface area contributed by atoms with Crippen LogP contribution in [-0.2, 0) is 33.8 Å². The van der Waals surface area contributed by atoms with Gasteiger partial charge in [-0.3, -0.25) is 4.79 Å². The average molecular weight is 413 g/mol. The highest BCUT2D eigenvalue weighted by Crippen LogP contribution is 2.30. The van der Waals surface area contributed by atoms with E-state index in [-0.39, 0.29) is 4.90 Å². The van der Waals surface area contributed by atoms with Gasteiger partial charge in [-0.25, -0.2) is 13.1 Å². The molecule has 0 bridgehead atoms. The van der Waals surface area contributed by atoms with Crippen molar-refractivity contribution < 1.29 is 31.5 Å². The number of carboxylic acids is 1. The van der Waals surface area contributed by atoms with E-state index < -0.39 is 40.2 Å². The van der Waals surface area contributed by atoms with Gasteiger partial charge in [0.2, 0.25) is 10.0 Å². The standard InChI is InChI=1S/C19H18F3NO4S/c20-19(21,22)15-6-8-16(9-7-15)28(26,27)23-11-17(18(24)25)14-5-4-12-2-1-3-13(12)10-14/h4-10,17,23H,1-3,11H2,(H,24,25). The quantitative estimate of drug-likeness (QED) is 0.761. The van der Waals surface area contributed by atoms with Crippen molar-refractivity contribution in [2.45, 2.75) is 36.3 Å². The second-order valence-electron chi connectivity index (χ2n) is 6.65. The fraction of sp³-hybridized carbons (Fsp3) is 0.316. The third-order valence-corrected chi connectivity index (χ3v) is 6.23. The van der Waals surface area contributed by atoms with E-state index in [1.54, 1.807) is 12.1 Å². The predicted octanol–water partition coefficient (Wildman–Crippen LogP) is 3.34. The van der Waals surface area contributed by atoms with E-state index in [9.17, 15) is 31.5 Å². The molecular weight excluding hydrogens is 395 g/mol. The summed E-state index contributed by atoms with van der Waals surface area (Å²) >= 11 is 0. The Balaban J connectivity index is 1.77. The van der Waals surface area contributed by atoms with Crippen LogP contribution in [0, 0.1) is 0 Å². The van der Waals surface area contributed by atoms with Crippen LogP contribution in [0.3, 0.4) is 0 Å². The van der Waals surface area contributed by atoms with E-state index in [0.29, 0.717) is 17.7 Å². The average Bonchev–Trinajstić information content (AvgIpc) is 3.09. The van der Waals surface area contributed by atoms with Crippen LogP contribution < -0.4 is 4.72 Å². The highest BCUT2D eigenvalue weighted by atomic mass is 32.2. The summed E-state index contributed by atoms with van der Waals surface area (Å²) in [6, 6.07) is 8.35. The fourth-order valence-corrected chi connectivity index (χ4v) is 4.30. The molecule has 1 aliphatic rings. The van der Waals surface area contributed by atoms with Crippen molar-refractivity contribution in [3.05, 3.63) is 64.7 Å². The number of sulfonamides is 1. The molecule has 9 heteroatoms. The summed E-state index contributed by atoms with van der Waals surface area (Å²) in [4.78, 5) is 11.3. The van der Waals surface area contributed by atoms with Crippen molar-refractivity contribution in [2.75, 3.05) is 6.54 Å². The van der Waals surface area contributed by atoms with Gasteiger partial charge in [0.1, 0.15) is 0 Å². The Kier molecular flexibility index (Phi) is 5.49. The number of carbonyl (C=O) groups is 1. The largest absolute Gasteiger partial charge is 0.481 e. The van der Waals surface area contributed by atoms with Crippen molar-refractivity contribution in [3.8, 4) is 0 Å². The van der Waals surface area contributed by atoms with Crippen LogP contribution in [0.1, 0.15) is 34.6 Å². The van der Waals surface area contributed by atoms with Crippen molar-refractivity contribution in [3.63, 3.8) is 0 Å². The van der Waals surface area contributed by atoms with E-state index >= 15 is 0 Å². The number of aryl methyl sites for hydroxylation is 2. The maximum atomic E-state index is 12.6. The van der Waals surface area contributed by atoms with E-state index in [0.717, 1.165) is 37.0 Å². The maximum Gasteiger partial charge on any atom is 0.416 e. The number of hydrogen-bond acceptors (Lipinski definition) is 3. The van der Waals surface area contributed by atoms with Gasteiger partial charge in [-0.2, -0.15) is 13.2 Å². The van der Waals surface area contributed by atoms with E-state index in [2.05, 4.69) is 4.72 Å². The first kappa shape index (κ1) is 20.3. The molecule has 0 radical (unpaired) electrons. The third-order valence-electron chi connectivity index (χ3n) is 4.79. The van der Waals surface area contributed by atoms with E-state index in [4.69, 9.17) is 0 Å². The van der Waals surface area contributed by atoms with E-state index in [1.165, 1.54) is 5.56 Å². The molecule has 1 atom stereocenters. The molecule has 1 unspecified atom stereocenters. The molecular formula is C19H18F3NO4S. The molecule has 0 amide bonds. The van der Waals surface area contributed by atoms with Crippen molar-refractivity contribution >= 4 is 16.0 Å². The number of nitrogens with one attached hydrogen (secondary N) is 1. The van der Waals surface area contributed by atoms with Crippen LogP contribution >= 0.6 is 0 Å². The molecule has 2 aromatic rings.